The molecule has 1 amide bonds. The largest absolute Gasteiger partial charge is 0.350 e. The zero-order valence-electron chi connectivity index (χ0n) is 25.1. The van der Waals surface area contributed by atoms with Crippen LogP contribution in [0.1, 0.15) is 25.5 Å². The third-order valence-electron chi connectivity index (χ3n) is 9.11. The van der Waals surface area contributed by atoms with Gasteiger partial charge in [0.1, 0.15) is 17.5 Å². The van der Waals surface area contributed by atoms with Gasteiger partial charge in [-0.05, 0) is 57.7 Å². The standard InChI is InChI=1S/C32H38F2N6O2S/c1-6-27(41)38-15-21(4)39(16-20(38)3)31-25-13-19(2)28(24-8-7-22(33)14-26(24)34)30-29(25)40(32(42)35-31)23(18-43-30)17-37-11-9-36(5)10-12-37/h6-8,13-14,20-21,23H,1,9-12,15-18H2,2-5H3/t20-,21+,23?/m1/s1. The first-order valence-corrected chi connectivity index (χ1v) is 15.8. The molecule has 0 saturated carbocycles. The van der Waals surface area contributed by atoms with Crippen molar-refractivity contribution in [1.29, 1.82) is 0 Å². The topological polar surface area (TPSA) is 64.9 Å². The molecule has 4 heterocycles. The zero-order chi connectivity index (χ0) is 30.6. The Labute approximate surface area is 254 Å². The summed E-state index contributed by atoms with van der Waals surface area (Å²) in [5.74, 6) is -0.155. The van der Waals surface area contributed by atoms with Crippen LogP contribution in [0, 0.1) is 18.6 Å². The number of piperazine rings is 2. The van der Waals surface area contributed by atoms with Crippen LogP contribution < -0.4 is 10.6 Å². The molecular formula is C32H38F2N6O2S. The van der Waals surface area contributed by atoms with Crippen LogP contribution in [0.15, 0.2) is 46.6 Å². The van der Waals surface area contributed by atoms with E-state index >= 15 is 4.39 Å². The molecular weight excluding hydrogens is 570 g/mol. The molecule has 0 radical (unpaired) electrons. The number of carbonyl (C=O) groups excluding carboxylic acids is 1. The van der Waals surface area contributed by atoms with E-state index in [1.807, 2.05) is 31.4 Å². The van der Waals surface area contributed by atoms with Gasteiger partial charge in [-0.3, -0.25) is 14.3 Å². The number of rotatable bonds is 5. The maximum Gasteiger partial charge on any atom is 0.350 e. The monoisotopic (exact) mass is 608 g/mol. The van der Waals surface area contributed by atoms with Crippen LogP contribution in [-0.4, -0.2) is 101 Å². The van der Waals surface area contributed by atoms with E-state index in [-0.39, 0.29) is 29.7 Å². The van der Waals surface area contributed by atoms with Gasteiger partial charge in [-0.25, -0.2) is 13.6 Å². The molecule has 3 aliphatic heterocycles. The summed E-state index contributed by atoms with van der Waals surface area (Å²) in [4.78, 5) is 40.7. The van der Waals surface area contributed by atoms with Crippen LogP contribution in [0.3, 0.4) is 0 Å². The van der Waals surface area contributed by atoms with E-state index in [0.29, 0.717) is 35.8 Å². The number of thioether (sulfide) groups is 1. The Morgan fingerprint density at radius 2 is 1.86 bits per heavy atom. The van der Waals surface area contributed by atoms with Crippen molar-refractivity contribution >= 4 is 34.4 Å². The summed E-state index contributed by atoms with van der Waals surface area (Å²) in [6, 6.07) is 5.35. The highest BCUT2D eigenvalue weighted by atomic mass is 32.2. The van der Waals surface area contributed by atoms with Gasteiger partial charge in [0.15, 0.2) is 0 Å². The highest BCUT2D eigenvalue weighted by Crippen LogP contribution is 2.46. The maximum absolute atomic E-state index is 15.3. The molecule has 1 aromatic heterocycles. The summed E-state index contributed by atoms with van der Waals surface area (Å²) >= 11 is 1.63. The quantitative estimate of drug-likeness (QED) is 0.404. The molecule has 0 bridgehead atoms. The van der Waals surface area contributed by atoms with Crippen LogP contribution in [-0.2, 0) is 4.79 Å². The molecule has 0 N–H and O–H groups in total. The summed E-state index contributed by atoms with van der Waals surface area (Å²) in [5.41, 5.74) is 2.24. The van der Waals surface area contributed by atoms with Gasteiger partial charge in [-0.15, -0.1) is 11.8 Å². The number of hydrogen-bond donors (Lipinski definition) is 0. The fraction of sp³-hybridized carbons (Fsp3) is 0.469. The Morgan fingerprint density at radius 3 is 2.56 bits per heavy atom. The minimum absolute atomic E-state index is 0.0965. The van der Waals surface area contributed by atoms with Crippen molar-refractivity contribution in [2.24, 2.45) is 0 Å². The number of aromatic nitrogens is 2. The molecule has 1 unspecified atom stereocenters. The second-order valence-corrected chi connectivity index (χ2v) is 13.2. The number of hydrogen-bond acceptors (Lipinski definition) is 7. The Balaban J connectivity index is 1.53. The number of halogens is 2. The molecule has 6 rings (SSSR count). The minimum Gasteiger partial charge on any atom is -0.349 e. The highest BCUT2D eigenvalue weighted by molar-refractivity contribution is 7.99. The number of carbonyl (C=O) groups is 1. The second kappa shape index (κ2) is 11.7. The molecule has 8 nitrogen and oxygen atoms in total. The summed E-state index contributed by atoms with van der Waals surface area (Å²) < 4.78 is 31.0. The van der Waals surface area contributed by atoms with Gasteiger partial charge >= 0.3 is 5.69 Å². The highest BCUT2D eigenvalue weighted by Gasteiger charge is 2.36. The van der Waals surface area contributed by atoms with Crippen molar-refractivity contribution in [2.45, 2.75) is 43.8 Å². The molecule has 43 heavy (non-hydrogen) atoms. The van der Waals surface area contributed by atoms with Crippen LogP contribution in [0.5, 0.6) is 0 Å². The van der Waals surface area contributed by atoms with E-state index in [9.17, 15) is 14.0 Å². The number of nitrogens with zero attached hydrogens (tertiary/aromatic N) is 6. The fourth-order valence-corrected chi connectivity index (χ4v) is 8.15. The number of benzene rings is 2. The van der Waals surface area contributed by atoms with E-state index in [1.165, 1.54) is 18.2 Å². The van der Waals surface area contributed by atoms with Crippen molar-refractivity contribution in [3.05, 3.63) is 64.6 Å². The molecule has 228 valence electrons. The van der Waals surface area contributed by atoms with Gasteiger partial charge in [0.05, 0.1) is 11.6 Å². The third-order valence-corrected chi connectivity index (χ3v) is 10.3. The summed E-state index contributed by atoms with van der Waals surface area (Å²) in [5, 5.41) is 0.830. The predicted octanol–water partition coefficient (Wildman–Crippen LogP) is 4.16. The smallest absolute Gasteiger partial charge is 0.349 e. The molecule has 3 aliphatic rings. The molecule has 2 aromatic carbocycles. The van der Waals surface area contributed by atoms with Crippen molar-refractivity contribution < 1.29 is 13.6 Å². The van der Waals surface area contributed by atoms with E-state index < -0.39 is 11.6 Å². The van der Waals surface area contributed by atoms with E-state index in [4.69, 9.17) is 4.98 Å². The minimum atomic E-state index is -0.632. The first kappa shape index (κ1) is 29.8. The number of anilines is 1. The number of likely N-dealkylation sites (N-methyl/N-ethyl adjacent to an activating group) is 1. The van der Waals surface area contributed by atoms with Gasteiger partial charge in [0.2, 0.25) is 5.91 Å². The normalized spacial score (nSPS) is 23.2. The third kappa shape index (κ3) is 5.36. The van der Waals surface area contributed by atoms with Crippen molar-refractivity contribution in [1.82, 2.24) is 24.3 Å². The molecule has 3 aromatic rings. The van der Waals surface area contributed by atoms with Gasteiger partial charge in [-0.2, -0.15) is 4.98 Å². The average Bonchev–Trinajstić information content (AvgIpc) is 2.97. The number of amides is 1. The van der Waals surface area contributed by atoms with Crippen molar-refractivity contribution in [3.63, 3.8) is 0 Å². The first-order chi connectivity index (χ1) is 20.6. The lowest BCUT2D eigenvalue weighted by Gasteiger charge is -2.45. The lowest BCUT2D eigenvalue weighted by atomic mass is 9.96. The van der Waals surface area contributed by atoms with Crippen LogP contribution in [0.2, 0.25) is 0 Å². The Hall–Kier alpha value is -3.28. The molecule has 2 fully saturated rings. The Kier molecular flexibility index (Phi) is 8.08. The maximum atomic E-state index is 15.3. The van der Waals surface area contributed by atoms with Crippen molar-refractivity contribution in [3.8, 4) is 11.1 Å². The summed E-state index contributed by atoms with van der Waals surface area (Å²) in [6.45, 7) is 15.1. The molecule has 11 heteroatoms. The van der Waals surface area contributed by atoms with Gasteiger partial charge < -0.3 is 14.7 Å². The fourth-order valence-electron chi connectivity index (χ4n) is 6.77. The lowest BCUT2D eigenvalue weighted by Crippen LogP contribution is -2.58. The van der Waals surface area contributed by atoms with Crippen LogP contribution in [0.4, 0.5) is 14.6 Å². The molecule has 2 saturated heterocycles. The lowest BCUT2D eigenvalue weighted by molar-refractivity contribution is -0.128. The van der Waals surface area contributed by atoms with Gasteiger partial charge in [-0.1, -0.05) is 6.58 Å². The van der Waals surface area contributed by atoms with E-state index in [2.05, 4.69) is 28.3 Å². The van der Waals surface area contributed by atoms with Crippen LogP contribution in [0.25, 0.3) is 22.0 Å². The predicted molar refractivity (Wildman–Crippen MR) is 168 cm³/mol. The molecule has 0 spiro atoms. The Bertz CT molecular complexity index is 1650. The van der Waals surface area contributed by atoms with Crippen molar-refractivity contribution in [2.75, 3.05) is 63.5 Å². The summed E-state index contributed by atoms with van der Waals surface area (Å²) in [6.07, 6.45) is 1.34. The van der Waals surface area contributed by atoms with E-state index in [0.717, 1.165) is 60.2 Å². The second-order valence-electron chi connectivity index (χ2n) is 12.1. The molecule has 3 atom stereocenters. The molecule has 0 aliphatic carbocycles. The Morgan fingerprint density at radius 1 is 1.12 bits per heavy atom. The van der Waals surface area contributed by atoms with E-state index in [1.54, 1.807) is 16.7 Å². The van der Waals surface area contributed by atoms with Crippen LogP contribution >= 0.6 is 11.8 Å². The first-order valence-electron chi connectivity index (χ1n) is 14.9. The van der Waals surface area contributed by atoms with Gasteiger partial charge in [0.25, 0.3) is 0 Å². The summed E-state index contributed by atoms with van der Waals surface area (Å²) in [7, 11) is 2.12. The van der Waals surface area contributed by atoms with Gasteiger partial charge in [0, 0.05) is 91.1 Å². The average molecular weight is 609 g/mol. The zero-order valence-corrected chi connectivity index (χ0v) is 26.0. The SMILES string of the molecule is C=CC(=O)N1C[C@H](C)N(c2nc(=O)n3c4c(c(-c5ccc(F)cc5F)c(C)cc24)SCC3CN2CCN(C)CC2)C[C@H]1C. The number of aryl methyl sites for hydroxylation is 1.